The van der Waals surface area contributed by atoms with E-state index in [0.29, 0.717) is 27.2 Å². The van der Waals surface area contributed by atoms with Gasteiger partial charge in [0, 0.05) is 11.6 Å². The van der Waals surface area contributed by atoms with Gasteiger partial charge in [0.1, 0.15) is 16.4 Å². The summed E-state index contributed by atoms with van der Waals surface area (Å²) in [7, 11) is 1.30. The summed E-state index contributed by atoms with van der Waals surface area (Å²) in [6.45, 7) is 1.69. The van der Waals surface area contributed by atoms with Crippen LogP contribution in [0.4, 0.5) is 5.13 Å². The van der Waals surface area contributed by atoms with Crippen molar-refractivity contribution in [3.8, 4) is 11.3 Å². The van der Waals surface area contributed by atoms with Crippen molar-refractivity contribution in [3.05, 3.63) is 64.9 Å². The van der Waals surface area contributed by atoms with Crippen molar-refractivity contribution >= 4 is 51.8 Å². The molecule has 2 heterocycles. The summed E-state index contributed by atoms with van der Waals surface area (Å²) in [6.07, 6.45) is 2.86. The van der Waals surface area contributed by atoms with Crippen molar-refractivity contribution in [1.29, 1.82) is 0 Å². The predicted molar refractivity (Wildman–Crippen MR) is 116 cm³/mol. The van der Waals surface area contributed by atoms with Gasteiger partial charge in [-0.25, -0.2) is 9.78 Å². The van der Waals surface area contributed by atoms with E-state index in [4.69, 9.17) is 16.6 Å². The molecule has 0 aliphatic carbocycles. The van der Waals surface area contributed by atoms with Crippen LogP contribution in [0.5, 0.6) is 0 Å². The Labute approximate surface area is 176 Å². The molecule has 1 aromatic carbocycles. The lowest BCUT2D eigenvalue weighted by atomic mass is 10.2. The number of nitrogens with one attached hydrogen (secondary N) is 2. The van der Waals surface area contributed by atoms with Gasteiger partial charge in [-0.3, -0.25) is 10.1 Å². The Balaban J connectivity index is 1.56. The van der Waals surface area contributed by atoms with E-state index in [9.17, 15) is 9.59 Å². The lowest BCUT2D eigenvalue weighted by molar-refractivity contribution is -0.115. The smallest absolute Gasteiger partial charge is 0.350 e. The third-order valence-corrected chi connectivity index (χ3v) is 4.97. The van der Waals surface area contributed by atoms with Gasteiger partial charge < -0.3 is 14.5 Å². The summed E-state index contributed by atoms with van der Waals surface area (Å²) < 4.78 is 10.4. The van der Waals surface area contributed by atoms with E-state index in [-0.39, 0.29) is 5.11 Å². The molecule has 0 unspecified atom stereocenters. The number of carbonyl (C=O) groups is 2. The van der Waals surface area contributed by atoms with Crippen molar-refractivity contribution in [2.24, 2.45) is 0 Å². The average molecular weight is 428 g/mol. The molecular formula is C20H17N3O4S2. The fraction of sp³-hybridized carbons (Fsp3) is 0.100. The van der Waals surface area contributed by atoms with Gasteiger partial charge in [-0.2, -0.15) is 0 Å². The second-order valence-corrected chi connectivity index (χ2v) is 7.18. The van der Waals surface area contributed by atoms with Crippen LogP contribution < -0.4 is 10.6 Å². The summed E-state index contributed by atoms with van der Waals surface area (Å²) in [4.78, 5) is 28.2. The normalized spacial score (nSPS) is 10.7. The highest BCUT2D eigenvalue weighted by molar-refractivity contribution is 7.80. The molecule has 2 N–H and O–H groups in total. The van der Waals surface area contributed by atoms with Crippen molar-refractivity contribution in [2.75, 3.05) is 12.4 Å². The van der Waals surface area contributed by atoms with Gasteiger partial charge >= 0.3 is 5.97 Å². The largest absolute Gasteiger partial charge is 0.465 e. The van der Waals surface area contributed by atoms with Crippen LogP contribution >= 0.6 is 23.6 Å². The molecule has 0 fully saturated rings. The molecule has 0 atom stereocenters. The van der Waals surface area contributed by atoms with E-state index in [2.05, 4.69) is 20.4 Å². The first kappa shape index (κ1) is 20.4. The molecule has 0 aliphatic rings. The molecule has 2 aromatic heterocycles. The maximum atomic E-state index is 12.1. The minimum atomic E-state index is -0.473. The van der Waals surface area contributed by atoms with Crippen LogP contribution in [0.15, 0.2) is 53.0 Å². The maximum absolute atomic E-state index is 12.1. The van der Waals surface area contributed by atoms with E-state index in [1.165, 1.54) is 13.2 Å². The summed E-state index contributed by atoms with van der Waals surface area (Å²) in [6, 6.07) is 13.3. The molecule has 3 rings (SSSR count). The molecule has 148 valence electrons. The Morgan fingerprint density at radius 2 is 1.97 bits per heavy atom. The number of carbonyl (C=O) groups excluding carboxylic acids is 2. The number of ether oxygens (including phenoxy) is 1. The second kappa shape index (κ2) is 9.26. The van der Waals surface area contributed by atoms with Gasteiger partial charge in [-0.05, 0) is 37.4 Å². The number of thiazole rings is 1. The van der Waals surface area contributed by atoms with Crippen LogP contribution in [0.3, 0.4) is 0 Å². The number of furan rings is 1. The van der Waals surface area contributed by atoms with Gasteiger partial charge in [-0.15, -0.1) is 0 Å². The number of rotatable bonds is 5. The Kier molecular flexibility index (Phi) is 6.53. The number of hydrogen-bond acceptors (Lipinski definition) is 7. The predicted octanol–water partition coefficient (Wildman–Crippen LogP) is 4.02. The average Bonchev–Trinajstić information content (AvgIpc) is 3.33. The number of methoxy groups -OCH3 is 1. The van der Waals surface area contributed by atoms with Crippen LogP contribution in [-0.2, 0) is 9.53 Å². The zero-order valence-electron chi connectivity index (χ0n) is 15.6. The summed E-state index contributed by atoms with van der Waals surface area (Å²) >= 11 is 6.20. The first-order chi connectivity index (χ1) is 14.0. The third kappa shape index (κ3) is 5.37. The molecule has 3 aromatic rings. The number of esters is 1. The molecule has 0 saturated heterocycles. The van der Waals surface area contributed by atoms with E-state index < -0.39 is 11.9 Å². The van der Waals surface area contributed by atoms with E-state index in [0.717, 1.165) is 16.9 Å². The zero-order chi connectivity index (χ0) is 20.8. The molecular weight excluding hydrogens is 410 g/mol. The minimum absolute atomic E-state index is 0.0641. The van der Waals surface area contributed by atoms with Crippen LogP contribution in [0.25, 0.3) is 17.4 Å². The van der Waals surface area contributed by atoms with E-state index in [1.807, 2.05) is 36.4 Å². The van der Waals surface area contributed by atoms with Crippen LogP contribution in [-0.4, -0.2) is 29.1 Å². The lowest BCUT2D eigenvalue weighted by Crippen LogP contribution is -2.32. The van der Waals surface area contributed by atoms with Gasteiger partial charge in [-0.1, -0.05) is 41.7 Å². The van der Waals surface area contributed by atoms with Gasteiger partial charge in [0.2, 0.25) is 5.91 Å². The van der Waals surface area contributed by atoms with Crippen LogP contribution in [0.1, 0.15) is 21.1 Å². The Bertz CT molecular complexity index is 1070. The standard InChI is InChI=1S/C20H17N3O4S2/c1-12-17(18(25)26-2)29-20(21-12)23-19(28)22-16(24)11-9-14-8-10-15(27-14)13-6-4-3-5-7-13/h3-11H,1-2H3,(H2,21,22,23,24,28)/b11-9+. The van der Waals surface area contributed by atoms with E-state index in [1.54, 1.807) is 19.1 Å². The minimum Gasteiger partial charge on any atom is -0.465 e. The Morgan fingerprint density at radius 3 is 2.69 bits per heavy atom. The van der Waals surface area contributed by atoms with Crippen molar-refractivity contribution < 1.29 is 18.7 Å². The summed E-state index contributed by atoms with van der Waals surface area (Å²) in [5.41, 5.74) is 1.47. The highest BCUT2D eigenvalue weighted by Crippen LogP contribution is 2.23. The van der Waals surface area contributed by atoms with Gasteiger partial charge in [0.15, 0.2) is 10.2 Å². The molecule has 0 saturated carbocycles. The SMILES string of the molecule is COC(=O)c1sc(NC(=S)NC(=O)/C=C/c2ccc(-c3ccccc3)o2)nc1C. The van der Waals surface area contributed by atoms with Crippen LogP contribution in [0.2, 0.25) is 0 Å². The third-order valence-electron chi connectivity index (χ3n) is 3.71. The number of aromatic nitrogens is 1. The number of anilines is 1. The first-order valence-electron chi connectivity index (χ1n) is 8.47. The zero-order valence-corrected chi connectivity index (χ0v) is 17.2. The molecule has 7 nitrogen and oxygen atoms in total. The molecule has 9 heteroatoms. The fourth-order valence-corrected chi connectivity index (χ4v) is 3.52. The highest BCUT2D eigenvalue weighted by Gasteiger charge is 2.16. The molecule has 29 heavy (non-hydrogen) atoms. The maximum Gasteiger partial charge on any atom is 0.350 e. The topological polar surface area (TPSA) is 93.5 Å². The number of benzene rings is 1. The number of thiocarbonyl (C=S) groups is 1. The number of amides is 1. The molecule has 1 amide bonds. The molecule has 0 bridgehead atoms. The lowest BCUT2D eigenvalue weighted by Gasteiger charge is -2.04. The number of aryl methyl sites for hydroxylation is 1. The quantitative estimate of drug-likeness (QED) is 0.361. The van der Waals surface area contributed by atoms with Crippen LogP contribution in [0, 0.1) is 6.92 Å². The second-order valence-electron chi connectivity index (χ2n) is 5.77. The molecule has 0 radical (unpaired) electrons. The van der Waals surface area contributed by atoms with Gasteiger partial charge in [0.05, 0.1) is 12.8 Å². The first-order valence-corrected chi connectivity index (χ1v) is 9.70. The molecule has 0 spiro atoms. The fourth-order valence-electron chi connectivity index (χ4n) is 2.37. The van der Waals surface area contributed by atoms with Crippen molar-refractivity contribution in [1.82, 2.24) is 10.3 Å². The Hall–Kier alpha value is -3.30. The monoisotopic (exact) mass is 427 g/mol. The summed E-state index contributed by atoms with van der Waals surface area (Å²) in [5.74, 6) is 0.348. The number of nitrogens with zero attached hydrogens (tertiary/aromatic N) is 1. The van der Waals surface area contributed by atoms with Crippen molar-refractivity contribution in [2.45, 2.75) is 6.92 Å². The highest BCUT2D eigenvalue weighted by atomic mass is 32.1. The summed E-state index contributed by atoms with van der Waals surface area (Å²) in [5, 5.41) is 5.74. The van der Waals surface area contributed by atoms with Gasteiger partial charge in [0.25, 0.3) is 0 Å². The number of hydrogen-bond donors (Lipinski definition) is 2. The Morgan fingerprint density at radius 1 is 1.21 bits per heavy atom. The van der Waals surface area contributed by atoms with E-state index >= 15 is 0 Å². The molecule has 0 aliphatic heterocycles. The van der Waals surface area contributed by atoms with Crippen molar-refractivity contribution in [3.63, 3.8) is 0 Å².